The molecular weight excluding hydrogens is 438 g/mol. The Balaban J connectivity index is 2.31. The molecule has 1 unspecified atom stereocenters. The van der Waals surface area contributed by atoms with E-state index in [0.717, 1.165) is 22.8 Å². The molecule has 1 atom stereocenters. The van der Waals surface area contributed by atoms with Gasteiger partial charge in [0, 0.05) is 43.6 Å². The Morgan fingerprint density at radius 2 is 1.85 bits per heavy atom. The average Bonchev–Trinajstić information content (AvgIpc) is 3.23. The van der Waals surface area contributed by atoms with E-state index in [4.69, 9.17) is 19.3 Å². The van der Waals surface area contributed by atoms with Crippen LogP contribution in [0.2, 0.25) is 0 Å². The van der Waals surface area contributed by atoms with Crippen molar-refractivity contribution in [3.63, 3.8) is 0 Å². The van der Waals surface area contributed by atoms with Crippen molar-refractivity contribution >= 4 is 23.4 Å². The molecule has 34 heavy (non-hydrogen) atoms. The molecule has 0 aliphatic carbocycles. The van der Waals surface area contributed by atoms with Gasteiger partial charge in [-0.2, -0.15) is 0 Å². The van der Waals surface area contributed by atoms with Crippen molar-refractivity contribution in [1.29, 1.82) is 0 Å². The fourth-order valence-electron chi connectivity index (χ4n) is 3.85. The van der Waals surface area contributed by atoms with Crippen LogP contribution in [-0.2, 0) is 25.5 Å². The number of amides is 1. The maximum atomic E-state index is 12.6. The minimum absolute atomic E-state index is 0.0621. The molecule has 0 aromatic heterocycles. The summed E-state index contributed by atoms with van der Waals surface area (Å²) >= 11 is 0. The summed E-state index contributed by atoms with van der Waals surface area (Å²) in [5.74, 6) is -0.298. The summed E-state index contributed by atoms with van der Waals surface area (Å²) in [5, 5.41) is 9.14. The number of benzene rings is 1. The summed E-state index contributed by atoms with van der Waals surface area (Å²) in [6.45, 7) is 11.1. The van der Waals surface area contributed by atoms with Gasteiger partial charge in [0.2, 0.25) is 5.91 Å². The summed E-state index contributed by atoms with van der Waals surface area (Å²) < 4.78 is 17.0. The molecule has 8 nitrogen and oxygen atoms in total. The lowest BCUT2D eigenvalue weighted by molar-refractivity contribution is -0.143. The highest BCUT2D eigenvalue weighted by atomic mass is 16.5. The van der Waals surface area contributed by atoms with Crippen molar-refractivity contribution < 1.29 is 33.7 Å². The van der Waals surface area contributed by atoms with Gasteiger partial charge in [0.25, 0.3) is 0 Å². The molecule has 0 saturated heterocycles. The number of fused-ring (bicyclic) bond motifs is 1. The maximum Gasteiger partial charge on any atom is 0.328 e. The molecule has 1 N–H and O–H groups in total. The molecule has 2 rings (SSSR count). The number of carbonyl (C=O) groups is 3. The second-order valence-corrected chi connectivity index (χ2v) is 8.05. The van der Waals surface area contributed by atoms with Crippen LogP contribution < -0.4 is 9.47 Å². The van der Waals surface area contributed by atoms with Crippen molar-refractivity contribution in [3.05, 3.63) is 41.0 Å². The van der Waals surface area contributed by atoms with Crippen LogP contribution in [0.5, 0.6) is 11.5 Å². The molecule has 0 bridgehead atoms. The number of allylic oxidation sites excluding steroid dienone is 1. The first kappa shape index (κ1) is 27.0. The van der Waals surface area contributed by atoms with Crippen LogP contribution in [0.1, 0.15) is 58.6 Å². The fraction of sp³-hybridized carbons (Fsp3) is 0.500. The van der Waals surface area contributed by atoms with Gasteiger partial charge in [0.05, 0.1) is 13.2 Å². The number of aliphatic carboxylic acids is 1. The van der Waals surface area contributed by atoms with Gasteiger partial charge in [0.15, 0.2) is 11.5 Å². The van der Waals surface area contributed by atoms with Crippen molar-refractivity contribution in [2.45, 2.75) is 60.0 Å². The Morgan fingerprint density at radius 3 is 2.47 bits per heavy atom. The molecule has 0 spiro atoms. The standard InChI is InChI=1S/C26H35NO7/c1-6-27(7-2)23(28)14-17(4)19-11-12-21(33-13-9-10-25(31)32-8-3)26-20(19)16-22(34-26)18(5)15-24(29)30/h11-12,14-15,22H,6-10,13,16H2,1-5H3,(H,29,30)/b17-14+,18-15+. The molecule has 1 aliphatic heterocycles. The molecule has 186 valence electrons. The molecule has 0 radical (unpaired) electrons. The van der Waals surface area contributed by atoms with E-state index in [-0.39, 0.29) is 18.3 Å². The van der Waals surface area contributed by atoms with Gasteiger partial charge in [-0.15, -0.1) is 0 Å². The summed E-state index contributed by atoms with van der Waals surface area (Å²) in [7, 11) is 0. The average molecular weight is 474 g/mol. The third-order valence-electron chi connectivity index (χ3n) is 5.66. The number of ether oxygens (including phenoxy) is 3. The van der Waals surface area contributed by atoms with Gasteiger partial charge >= 0.3 is 11.9 Å². The van der Waals surface area contributed by atoms with Crippen LogP contribution in [0.4, 0.5) is 0 Å². The zero-order valence-corrected chi connectivity index (χ0v) is 20.7. The zero-order chi connectivity index (χ0) is 25.3. The Labute approximate surface area is 201 Å². The largest absolute Gasteiger partial charge is 0.490 e. The SMILES string of the molecule is CCOC(=O)CCCOc1ccc(/C(C)=C/C(=O)N(CC)CC)c2c1OC(/C(C)=C/C(=O)O)C2. The lowest BCUT2D eigenvalue weighted by Gasteiger charge is -2.17. The normalized spacial score (nSPS) is 15.4. The molecule has 0 fully saturated rings. The van der Waals surface area contributed by atoms with E-state index in [2.05, 4.69) is 0 Å². The van der Waals surface area contributed by atoms with Gasteiger partial charge in [0.1, 0.15) is 6.10 Å². The van der Waals surface area contributed by atoms with E-state index in [1.165, 1.54) is 0 Å². The first-order valence-corrected chi connectivity index (χ1v) is 11.7. The summed E-state index contributed by atoms with van der Waals surface area (Å²) in [6, 6.07) is 3.68. The first-order chi connectivity index (χ1) is 16.2. The highest BCUT2D eigenvalue weighted by Gasteiger charge is 2.30. The second-order valence-electron chi connectivity index (χ2n) is 8.05. The van der Waals surface area contributed by atoms with Crippen LogP contribution in [0.3, 0.4) is 0 Å². The number of likely N-dealkylation sites (N-methyl/N-ethyl adjacent to an activating group) is 1. The number of esters is 1. The number of hydrogen-bond donors (Lipinski definition) is 1. The molecular formula is C26H35NO7. The molecule has 1 aliphatic rings. The predicted octanol–water partition coefficient (Wildman–Crippen LogP) is 4.01. The number of nitrogens with zero attached hydrogens (tertiary/aromatic N) is 1. The van der Waals surface area contributed by atoms with E-state index in [1.54, 1.807) is 30.9 Å². The van der Waals surface area contributed by atoms with Gasteiger partial charge < -0.3 is 24.2 Å². The van der Waals surface area contributed by atoms with Crippen molar-refractivity contribution in [1.82, 2.24) is 4.90 Å². The Morgan fingerprint density at radius 1 is 1.15 bits per heavy atom. The van der Waals surface area contributed by atoms with Crippen molar-refractivity contribution in [2.24, 2.45) is 0 Å². The van der Waals surface area contributed by atoms with Gasteiger partial charge in [-0.25, -0.2) is 4.79 Å². The monoisotopic (exact) mass is 473 g/mol. The topological polar surface area (TPSA) is 102 Å². The minimum Gasteiger partial charge on any atom is -0.490 e. The molecule has 8 heteroatoms. The van der Waals surface area contributed by atoms with Crippen LogP contribution in [-0.4, -0.2) is 60.3 Å². The predicted molar refractivity (Wildman–Crippen MR) is 129 cm³/mol. The van der Waals surface area contributed by atoms with Crippen molar-refractivity contribution in [3.8, 4) is 11.5 Å². The number of carboxylic acids is 1. The molecule has 1 aromatic rings. The highest BCUT2D eigenvalue weighted by molar-refractivity contribution is 5.95. The van der Waals surface area contributed by atoms with Gasteiger partial charge in [-0.3, -0.25) is 9.59 Å². The third-order valence-corrected chi connectivity index (χ3v) is 5.66. The molecule has 1 amide bonds. The van der Waals surface area contributed by atoms with Gasteiger partial charge in [-0.05, 0) is 63.8 Å². The number of hydrogen-bond acceptors (Lipinski definition) is 6. The van der Waals surface area contributed by atoms with E-state index < -0.39 is 12.1 Å². The number of carbonyl (C=O) groups excluding carboxylic acids is 2. The Kier molecular flexibility index (Phi) is 10.2. The quantitative estimate of drug-likeness (QED) is 0.278. The number of carboxylic acid groups (broad SMARTS) is 1. The summed E-state index contributed by atoms with van der Waals surface area (Å²) in [6.07, 6.45) is 3.53. The molecule has 1 heterocycles. The Hall–Kier alpha value is -3.29. The molecule has 1 aromatic carbocycles. The summed E-state index contributed by atoms with van der Waals surface area (Å²) in [5.41, 5.74) is 3.11. The third kappa shape index (κ3) is 7.10. The maximum absolute atomic E-state index is 12.6. The van der Waals surface area contributed by atoms with E-state index in [1.807, 2.05) is 26.8 Å². The Bertz CT molecular complexity index is 960. The van der Waals surface area contributed by atoms with E-state index in [9.17, 15) is 14.4 Å². The lowest BCUT2D eigenvalue weighted by atomic mass is 9.95. The van der Waals surface area contributed by atoms with Crippen LogP contribution in [0, 0.1) is 0 Å². The number of rotatable bonds is 12. The van der Waals surface area contributed by atoms with Crippen LogP contribution in [0.25, 0.3) is 5.57 Å². The van der Waals surface area contributed by atoms with Crippen LogP contribution in [0.15, 0.2) is 29.9 Å². The van der Waals surface area contributed by atoms with E-state index >= 15 is 0 Å². The van der Waals surface area contributed by atoms with Gasteiger partial charge in [-0.1, -0.05) is 6.07 Å². The minimum atomic E-state index is -1.03. The van der Waals surface area contributed by atoms with Crippen molar-refractivity contribution in [2.75, 3.05) is 26.3 Å². The highest BCUT2D eigenvalue weighted by Crippen LogP contribution is 2.43. The smallest absolute Gasteiger partial charge is 0.328 e. The lowest BCUT2D eigenvalue weighted by Crippen LogP contribution is -2.28. The fourth-order valence-corrected chi connectivity index (χ4v) is 3.85. The zero-order valence-electron chi connectivity index (χ0n) is 20.7. The van der Waals surface area contributed by atoms with E-state index in [0.29, 0.717) is 56.2 Å². The summed E-state index contributed by atoms with van der Waals surface area (Å²) in [4.78, 5) is 37.1. The molecule has 0 saturated carbocycles. The second kappa shape index (κ2) is 12.8. The van der Waals surface area contributed by atoms with Crippen LogP contribution >= 0.6 is 0 Å². The first-order valence-electron chi connectivity index (χ1n) is 11.7.